The zero-order valence-corrected chi connectivity index (χ0v) is 21.1. The van der Waals surface area contributed by atoms with Crippen molar-refractivity contribution in [1.82, 2.24) is 9.55 Å². The number of alkyl halides is 1. The molecule has 3 heterocycles. The van der Waals surface area contributed by atoms with E-state index in [0.29, 0.717) is 0 Å². The fraction of sp³-hybridized carbons (Fsp3) is 0.385. The zero-order valence-electron chi connectivity index (χ0n) is 20.1. The van der Waals surface area contributed by atoms with Crippen LogP contribution < -0.4 is 21.8 Å². The number of hydrogen-bond acceptors (Lipinski definition) is 6. The molecule has 0 amide bonds. The average Bonchev–Trinajstić information content (AvgIpc) is 3.00. The molecule has 0 bridgehead atoms. The molecule has 9 heteroatoms. The van der Waals surface area contributed by atoms with Crippen LogP contribution in [-0.2, 0) is 13.9 Å². The standard InChI is InChI=1S/C26H30FN3O4Si/c1-25(2,3)35(18-10-6-4-7-11-18,19-12-8-5-9-13-19)33-17-26-16-32-22(26)21(27)23(34-26)30-15-14-20(28)29-24(30)31/h4-15,21-23H,16-17H2,1-3H3,(H2,28,29,31)/t21-,22+,23-,26-/m1/s1. The number of halogens is 1. The molecule has 2 N–H and O–H groups in total. The second kappa shape index (κ2) is 8.67. The maximum absolute atomic E-state index is 15.5. The second-order valence-electron chi connectivity index (χ2n) is 10.2. The fourth-order valence-electron chi connectivity index (χ4n) is 5.28. The van der Waals surface area contributed by atoms with E-state index in [0.717, 1.165) is 14.9 Å². The Balaban J connectivity index is 1.52. The monoisotopic (exact) mass is 495 g/mol. The van der Waals surface area contributed by atoms with Gasteiger partial charge in [0.05, 0.1) is 13.2 Å². The SMILES string of the molecule is CC(C)(C)[Si](OC[C@]12CO[C@H]1[C@@H](F)[C@H](n1ccc(N)nc1=O)O2)(c1ccccc1)c1ccccc1. The highest BCUT2D eigenvalue weighted by atomic mass is 28.4. The average molecular weight is 496 g/mol. The molecule has 0 radical (unpaired) electrons. The molecule has 2 saturated heterocycles. The highest BCUT2D eigenvalue weighted by Gasteiger charge is 2.65. The van der Waals surface area contributed by atoms with Gasteiger partial charge < -0.3 is 19.6 Å². The summed E-state index contributed by atoms with van der Waals surface area (Å²) in [7, 11) is -2.86. The largest absolute Gasteiger partial charge is 0.404 e. The van der Waals surface area contributed by atoms with Gasteiger partial charge in [-0.3, -0.25) is 4.57 Å². The van der Waals surface area contributed by atoms with E-state index in [1.165, 1.54) is 12.3 Å². The number of nitrogens with zero attached hydrogens (tertiary/aromatic N) is 2. The summed E-state index contributed by atoms with van der Waals surface area (Å²) in [5.41, 5.74) is 3.93. The van der Waals surface area contributed by atoms with Gasteiger partial charge in [0.15, 0.2) is 12.4 Å². The van der Waals surface area contributed by atoms with Gasteiger partial charge in [-0.1, -0.05) is 81.4 Å². The van der Waals surface area contributed by atoms with E-state index in [1.807, 2.05) is 36.4 Å². The van der Waals surface area contributed by atoms with Crippen molar-refractivity contribution < 1.29 is 18.3 Å². The molecule has 1 aromatic heterocycles. The predicted molar refractivity (Wildman–Crippen MR) is 134 cm³/mol. The van der Waals surface area contributed by atoms with Crippen molar-refractivity contribution in [2.24, 2.45) is 0 Å². The molecule has 5 rings (SSSR count). The minimum atomic E-state index is -2.86. The van der Waals surface area contributed by atoms with Gasteiger partial charge in [-0.15, -0.1) is 0 Å². The third-order valence-electron chi connectivity index (χ3n) is 7.02. The van der Waals surface area contributed by atoms with Crippen LogP contribution in [-0.4, -0.2) is 49.0 Å². The van der Waals surface area contributed by atoms with E-state index < -0.39 is 38.1 Å². The van der Waals surface area contributed by atoms with Crippen molar-refractivity contribution in [2.45, 2.75) is 49.9 Å². The Hall–Kier alpha value is -2.85. The van der Waals surface area contributed by atoms with Crippen LogP contribution in [0.2, 0.25) is 5.04 Å². The van der Waals surface area contributed by atoms with Gasteiger partial charge in [0.2, 0.25) is 0 Å². The number of nitrogen functional groups attached to an aromatic ring is 1. The third-order valence-corrected chi connectivity index (χ3v) is 12.0. The van der Waals surface area contributed by atoms with Crippen LogP contribution in [0.15, 0.2) is 77.7 Å². The lowest BCUT2D eigenvalue weighted by Crippen LogP contribution is -2.70. The summed E-state index contributed by atoms with van der Waals surface area (Å²) in [6.45, 7) is 6.87. The number of anilines is 1. The molecule has 0 aliphatic carbocycles. The van der Waals surface area contributed by atoms with Crippen LogP contribution in [0.25, 0.3) is 0 Å². The molecule has 2 aromatic carbocycles. The van der Waals surface area contributed by atoms with Gasteiger partial charge in [-0.25, -0.2) is 9.18 Å². The van der Waals surface area contributed by atoms with Crippen LogP contribution in [0, 0.1) is 0 Å². The smallest absolute Gasteiger partial charge is 0.351 e. The second-order valence-corrected chi connectivity index (χ2v) is 14.5. The van der Waals surface area contributed by atoms with Gasteiger partial charge in [-0.05, 0) is 21.5 Å². The van der Waals surface area contributed by atoms with E-state index in [-0.39, 0.29) is 24.1 Å². The zero-order chi connectivity index (χ0) is 24.8. The number of benzene rings is 2. The Kier molecular flexibility index (Phi) is 5.91. The fourth-order valence-corrected chi connectivity index (χ4v) is 9.90. The number of rotatable bonds is 6. The number of aromatic nitrogens is 2. The van der Waals surface area contributed by atoms with Gasteiger partial charge in [0.25, 0.3) is 8.32 Å². The molecular weight excluding hydrogens is 465 g/mol. The molecule has 2 aliphatic heterocycles. The summed E-state index contributed by atoms with van der Waals surface area (Å²) < 4.78 is 35.5. The molecular formula is C26H30FN3O4Si. The third kappa shape index (κ3) is 3.83. The Morgan fingerprint density at radius 3 is 2.20 bits per heavy atom. The molecule has 35 heavy (non-hydrogen) atoms. The topological polar surface area (TPSA) is 88.6 Å². The van der Waals surface area contributed by atoms with E-state index in [9.17, 15) is 4.79 Å². The summed E-state index contributed by atoms with van der Waals surface area (Å²) in [6, 6.07) is 21.9. The van der Waals surface area contributed by atoms with Crippen LogP contribution in [0.1, 0.15) is 27.0 Å². The molecule has 4 atom stereocenters. The first-order valence-corrected chi connectivity index (χ1v) is 13.6. The van der Waals surface area contributed by atoms with Crippen LogP contribution in [0.5, 0.6) is 0 Å². The van der Waals surface area contributed by atoms with E-state index in [1.54, 1.807) is 0 Å². The molecule has 184 valence electrons. The first-order chi connectivity index (χ1) is 16.7. The first kappa shape index (κ1) is 23.9. The summed E-state index contributed by atoms with van der Waals surface area (Å²) in [6.07, 6.45) is -2.14. The van der Waals surface area contributed by atoms with Gasteiger partial charge in [-0.2, -0.15) is 4.98 Å². The quantitative estimate of drug-likeness (QED) is 0.529. The Bertz CT molecular complexity index is 1210. The lowest BCUT2D eigenvalue weighted by Gasteiger charge is -2.48. The number of nitrogens with two attached hydrogens (primary N) is 1. The molecule has 0 spiro atoms. The van der Waals surface area contributed by atoms with Crippen molar-refractivity contribution in [1.29, 1.82) is 0 Å². The van der Waals surface area contributed by atoms with Gasteiger partial charge in [0.1, 0.15) is 17.5 Å². The Morgan fingerprint density at radius 2 is 1.71 bits per heavy atom. The van der Waals surface area contributed by atoms with Gasteiger partial charge >= 0.3 is 5.69 Å². The first-order valence-electron chi connectivity index (χ1n) is 11.7. The maximum Gasteiger partial charge on any atom is 0.351 e. The van der Waals surface area contributed by atoms with Crippen molar-refractivity contribution >= 4 is 24.5 Å². The van der Waals surface area contributed by atoms with E-state index >= 15 is 4.39 Å². The van der Waals surface area contributed by atoms with Crippen LogP contribution in [0.3, 0.4) is 0 Å². The molecule has 2 aliphatic rings. The summed E-state index contributed by atoms with van der Waals surface area (Å²) in [5.74, 6) is 0.0728. The highest BCUT2D eigenvalue weighted by molar-refractivity contribution is 6.99. The lowest BCUT2D eigenvalue weighted by atomic mass is 9.92. The van der Waals surface area contributed by atoms with Crippen molar-refractivity contribution in [2.75, 3.05) is 18.9 Å². The molecule has 0 saturated carbocycles. The Labute approximate surface area is 204 Å². The maximum atomic E-state index is 15.5. The van der Waals surface area contributed by atoms with E-state index in [4.69, 9.17) is 19.6 Å². The van der Waals surface area contributed by atoms with Crippen molar-refractivity contribution in [3.63, 3.8) is 0 Å². The van der Waals surface area contributed by atoms with E-state index in [2.05, 4.69) is 50.0 Å². The molecule has 7 nitrogen and oxygen atoms in total. The summed E-state index contributed by atoms with van der Waals surface area (Å²) >= 11 is 0. The summed E-state index contributed by atoms with van der Waals surface area (Å²) in [5, 5.41) is 2.01. The van der Waals surface area contributed by atoms with Crippen molar-refractivity contribution in [3.8, 4) is 0 Å². The number of hydrogen-bond donors (Lipinski definition) is 1. The lowest BCUT2D eigenvalue weighted by molar-refractivity contribution is -0.242. The van der Waals surface area contributed by atoms with Gasteiger partial charge in [0, 0.05) is 6.20 Å². The Morgan fingerprint density at radius 1 is 1.11 bits per heavy atom. The minimum absolute atomic E-state index is 0.0728. The predicted octanol–water partition coefficient (Wildman–Crippen LogP) is 2.41. The molecule has 2 fully saturated rings. The number of fused-ring (bicyclic) bond motifs is 1. The number of ether oxygens (including phenoxy) is 2. The minimum Gasteiger partial charge on any atom is -0.404 e. The molecule has 0 unspecified atom stereocenters. The summed E-state index contributed by atoms with van der Waals surface area (Å²) in [4.78, 5) is 16.1. The normalized spacial score (nSPS) is 26.2. The highest BCUT2D eigenvalue weighted by Crippen LogP contribution is 2.48. The molecule has 3 aromatic rings. The van der Waals surface area contributed by atoms with Crippen molar-refractivity contribution in [3.05, 3.63) is 83.4 Å². The van der Waals surface area contributed by atoms with Crippen LogP contribution in [0.4, 0.5) is 10.2 Å². The van der Waals surface area contributed by atoms with Crippen LogP contribution >= 0.6 is 0 Å².